The molecule has 1 fully saturated rings. The summed E-state index contributed by atoms with van der Waals surface area (Å²) in [6.45, 7) is 10.6. The molecule has 0 N–H and O–H groups in total. The van der Waals surface area contributed by atoms with E-state index in [1.165, 1.54) is 25.7 Å². The normalized spacial score (nSPS) is 22.5. The van der Waals surface area contributed by atoms with E-state index in [0.29, 0.717) is 0 Å². The molecule has 2 nitrogen and oxygen atoms in total. The van der Waals surface area contributed by atoms with Crippen molar-refractivity contribution in [3.8, 4) is 0 Å². The summed E-state index contributed by atoms with van der Waals surface area (Å²) in [7, 11) is -0.175. The summed E-state index contributed by atoms with van der Waals surface area (Å²) in [6, 6.07) is 0. The second kappa shape index (κ2) is 6.06. The third-order valence-electron chi connectivity index (χ3n) is 3.79. The van der Waals surface area contributed by atoms with Gasteiger partial charge in [0.2, 0.25) is 0 Å². The fraction of sp³-hybridized carbons (Fsp3) is 0.857. The Bertz CT molecular complexity index is 243. The van der Waals surface area contributed by atoms with Crippen LogP contribution >= 0.6 is 0 Å². The third kappa shape index (κ3) is 4.15. The van der Waals surface area contributed by atoms with Gasteiger partial charge in [0.15, 0.2) is 0 Å². The summed E-state index contributed by atoms with van der Waals surface area (Å²) in [5, 5.41) is 0. The Balaban J connectivity index is 2.28. The number of hydrogen-bond acceptors (Lipinski definition) is 2. The van der Waals surface area contributed by atoms with Crippen molar-refractivity contribution in [3.05, 3.63) is 12.1 Å². The minimum atomic E-state index is -0.218. The predicted octanol–water partition coefficient (Wildman–Crippen LogP) is 4.14. The van der Waals surface area contributed by atoms with Crippen LogP contribution in [0.3, 0.4) is 0 Å². The highest BCUT2D eigenvalue weighted by Crippen LogP contribution is 2.36. The second-order valence-corrected chi connectivity index (χ2v) is 5.90. The van der Waals surface area contributed by atoms with Gasteiger partial charge in [-0.3, -0.25) is 0 Å². The molecule has 1 rings (SSSR count). The monoisotopic (exact) mass is 238 g/mol. The molecule has 0 atom stereocenters. The lowest BCUT2D eigenvalue weighted by molar-refractivity contribution is 0.00578. The summed E-state index contributed by atoms with van der Waals surface area (Å²) < 4.78 is 11.8. The first kappa shape index (κ1) is 14.8. The Morgan fingerprint density at radius 1 is 0.941 bits per heavy atom. The third-order valence-corrected chi connectivity index (χ3v) is 3.79. The first-order valence-electron chi connectivity index (χ1n) is 6.91. The van der Waals surface area contributed by atoms with E-state index in [4.69, 9.17) is 9.31 Å². The Morgan fingerprint density at radius 2 is 1.53 bits per heavy atom. The summed E-state index contributed by atoms with van der Waals surface area (Å²) in [6.07, 6.45) is 8.54. The smallest absolute Gasteiger partial charge is 0.400 e. The van der Waals surface area contributed by atoms with Gasteiger partial charge in [0.05, 0.1) is 11.2 Å². The van der Waals surface area contributed by atoms with Crippen LogP contribution in [0, 0.1) is 0 Å². The molecule has 0 unspecified atom stereocenters. The molecule has 1 aliphatic heterocycles. The van der Waals surface area contributed by atoms with Gasteiger partial charge in [-0.25, -0.2) is 0 Å². The summed E-state index contributed by atoms with van der Waals surface area (Å²) in [4.78, 5) is 0. The van der Waals surface area contributed by atoms with Crippen molar-refractivity contribution in [2.75, 3.05) is 0 Å². The lowest BCUT2D eigenvalue weighted by atomic mass is 9.89. The van der Waals surface area contributed by atoms with Crippen LogP contribution in [0.2, 0.25) is 0 Å². The number of hydrogen-bond donors (Lipinski definition) is 0. The van der Waals surface area contributed by atoms with Crippen LogP contribution in [0.5, 0.6) is 0 Å². The molecule has 17 heavy (non-hydrogen) atoms. The highest BCUT2D eigenvalue weighted by Gasteiger charge is 2.49. The number of allylic oxidation sites excluding steroid dienone is 1. The van der Waals surface area contributed by atoms with E-state index in [9.17, 15) is 0 Å². The van der Waals surface area contributed by atoms with Crippen LogP contribution in [-0.2, 0) is 9.31 Å². The molecule has 3 heteroatoms. The molecule has 1 heterocycles. The molecule has 1 aliphatic rings. The Morgan fingerprint density at radius 3 is 2.06 bits per heavy atom. The van der Waals surface area contributed by atoms with E-state index in [-0.39, 0.29) is 18.3 Å². The van der Waals surface area contributed by atoms with E-state index in [1.807, 2.05) is 0 Å². The maximum atomic E-state index is 5.88. The molecule has 0 radical (unpaired) electrons. The maximum Gasteiger partial charge on any atom is 0.486 e. The van der Waals surface area contributed by atoms with Crippen molar-refractivity contribution in [2.45, 2.75) is 77.9 Å². The summed E-state index contributed by atoms with van der Waals surface area (Å²) in [5.74, 6) is 2.06. The van der Waals surface area contributed by atoms with Gasteiger partial charge in [-0.05, 0) is 40.5 Å². The number of rotatable bonds is 6. The van der Waals surface area contributed by atoms with Crippen LogP contribution in [0.25, 0.3) is 0 Å². The van der Waals surface area contributed by atoms with Crippen molar-refractivity contribution in [3.63, 3.8) is 0 Å². The van der Waals surface area contributed by atoms with Crippen molar-refractivity contribution >= 4 is 7.12 Å². The first-order valence-corrected chi connectivity index (χ1v) is 6.91. The Hall–Kier alpha value is -0.275. The van der Waals surface area contributed by atoms with Crippen molar-refractivity contribution in [1.82, 2.24) is 0 Å². The van der Waals surface area contributed by atoms with E-state index in [1.54, 1.807) is 0 Å². The minimum absolute atomic E-state index is 0.175. The topological polar surface area (TPSA) is 18.5 Å². The molecule has 0 spiro atoms. The van der Waals surface area contributed by atoms with Crippen molar-refractivity contribution in [2.24, 2.45) is 0 Å². The standard InChI is InChI=1S/C14H27BO2/c1-6-7-8-9-10-11-12-15-16-13(2,3)14(4,5)17-15/h11-12H,6-10H2,1-5H3. The summed E-state index contributed by atoms with van der Waals surface area (Å²) in [5.41, 5.74) is -0.436. The van der Waals surface area contributed by atoms with Gasteiger partial charge >= 0.3 is 7.12 Å². The SMILES string of the molecule is CCCCCCC=CB1OC(C)(C)C(C)(C)O1. The van der Waals surface area contributed by atoms with Gasteiger partial charge in [0.1, 0.15) is 0 Å². The summed E-state index contributed by atoms with van der Waals surface area (Å²) >= 11 is 0. The Kier molecular flexibility index (Phi) is 5.27. The molecular weight excluding hydrogens is 211 g/mol. The van der Waals surface area contributed by atoms with Gasteiger partial charge in [-0.15, -0.1) is 0 Å². The van der Waals surface area contributed by atoms with Crippen molar-refractivity contribution < 1.29 is 9.31 Å². The van der Waals surface area contributed by atoms with Gasteiger partial charge in [0.25, 0.3) is 0 Å². The van der Waals surface area contributed by atoms with Gasteiger partial charge < -0.3 is 9.31 Å². The minimum Gasteiger partial charge on any atom is -0.400 e. The van der Waals surface area contributed by atoms with Gasteiger partial charge in [-0.2, -0.15) is 0 Å². The van der Waals surface area contributed by atoms with Crippen LogP contribution < -0.4 is 0 Å². The van der Waals surface area contributed by atoms with Crippen LogP contribution in [0.15, 0.2) is 12.1 Å². The largest absolute Gasteiger partial charge is 0.486 e. The van der Waals surface area contributed by atoms with E-state index in [0.717, 1.165) is 6.42 Å². The van der Waals surface area contributed by atoms with Crippen LogP contribution in [-0.4, -0.2) is 18.3 Å². The first-order chi connectivity index (χ1) is 7.89. The fourth-order valence-electron chi connectivity index (χ4n) is 1.86. The molecule has 0 aromatic rings. The lowest BCUT2D eigenvalue weighted by Gasteiger charge is -2.32. The van der Waals surface area contributed by atoms with Gasteiger partial charge in [-0.1, -0.05) is 38.2 Å². The van der Waals surface area contributed by atoms with E-state index < -0.39 is 0 Å². The molecule has 98 valence electrons. The maximum absolute atomic E-state index is 5.88. The molecule has 0 aromatic heterocycles. The van der Waals surface area contributed by atoms with Crippen LogP contribution in [0.1, 0.15) is 66.7 Å². The zero-order chi connectivity index (χ0) is 12.9. The quantitative estimate of drug-likeness (QED) is 0.511. The predicted molar refractivity (Wildman–Crippen MR) is 74.0 cm³/mol. The average molecular weight is 238 g/mol. The lowest BCUT2D eigenvalue weighted by Crippen LogP contribution is -2.41. The second-order valence-electron chi connectivity index (χ2n) is 5.90. The number of unbranched alkanes of at least 4 members (excludes halogenated alkanes) is 4. The van der Waals surface area contributed by atoms with Crippen LogP contribution in [0.4, 0.5) is 0 Å². The molecular formula is C14H27BO2. The molecule has 0 saturated carbocycles. The van der Waals surface area contributed by atoms with E-state index in [2.05, 4.69) is 46.7 Å². The highest BCUT2D eigenvalue weighted by atomic mass is 16.7. The molecule has 1 saturated heterocycles. The molecule has 0 amide bonds. The Labute approximate surface area is 107 Å². The van der Waals surface area contributed by atoms with Crippen molar-refractivity contribution in [1.29, 1.82) is 0 Å². The van der Waals surface area contributed by atoms with E-state index >= 15 is 0 Å². The zero-order valence-electron chi connectivity index (χ0n) is 12.1. The average Bonchev–Trinajstić information content (AvgIpc) is 2.41. The zero-order valence-corrected chi connectivity index (χ0v) is 12.1. The highest BCUT2D eigenvalue weighted by molar-refractivity contribution is 6.51. The molecule has 0 bridgehead atoms. The molecule has 0 aliphatic carbocycles. The molecule has 0 aromatic carbocycles. The fourth-order valence-corrected chi connectivity index (χ4v) is 1.86. The van der Waals surface area contributed by atoms with Gasteiger partial charge in [0, 0.05) is 0 Å².